The molecule has 0 amide bonds. The second kappa shape index (κ2) is 5.08. The number of piperidine rings is 1. The fraction of sp³-hybridized carbons (Fsp3) is 0.667. The van der Waals surface area contributed by atoms with E-state index in [2.05, 4.69) is 17.9 Å². The second-order valence-corrected chi connectivity index (χ2v) is 8.88. The highest BCUT2D eigenvalue weighted by atomic mass is 16.3. The van der Waals surface area contributed by atoms with Crippen LogP contribution < -0.4 is 0 Å². The number of likely N-dealkylation sites (tertiary alicyclic amines) is 1. The minimum atomic E-state index is -0.0220. The van der Waals surface area contributed by atoms with E-state index in [-0.39, 0.29) is 5.41 Å². The van der Waals surface area contributed by atoms with Gasteiger partial charge in [0.15, 0.2) is 0 Å². The van der Waals surface area contributed by atoms with Crippen molar-refractivity contribution in [2.45, 2.75) is 56.9 Å². The molecular formula is C21H27NO2. The zero-order valence-electron chi connectivity index (χ0n) is 14.5. The Morgan fingerprint density at radius 2 is 2.12 bits per heavy atom. The molecule has 0 aromatic heterocycles. The lowest BCUT2D eigenvalue weighted by Crippen LogP contribution is -2.64. The molecule has 3 aliphatic carbocycles. The Bertz CT molecular complexity index is 695. The van der Waals surface area contributed by atoms with Crippen LogP contribution in [-0.4, -0.2) is 34.9 Å². The summed E-state index contributed by atoms with van der Waals surface area (Å²) in [5, 5.41) is 10.1. The monoisotopic (exact) mass is 325 g/mol. The first-order chi connectivity index (χ1) is 11.6. The number of benzene rings is 1. The van der Waals surface area contributed by atoms with E-state index in [1.807, 2.05) is 12.1 Å². The number of carbonyl (C=O) groups excluding carboxylic acids is 1. The summed E-state index contributed by atoms with van der Waals surface area (Å²) >= 11 is 0. The van der Waals surface area contributed by atoms with Crippen molar-refractivity contribution in [3.63, 3.8) is 0 Å². The summed E-state index contributed by atoms with van der Waals surface area (Å²) in [6.45, 7) is 4.66. The van der Waals surface area contributed by atoms with Crippen molar-refractivity contribution < 1.29 is 9.90 Å². The quantitative estimate of drug-likeness (QED) is 0.907. The maximum atomic E-state index is 12.5. The predicted octanol–water partition coefficient (Wildman–Crippen LogP) is 3.29. The molecule has 2 bridgehead atoms. The molecule has 0 radical (unpaired) electrons. The van der Waals surface area contributed by atoms with Crippen LogP contribution in [0.2, 0.25) is 0 Å². The summed E-state index contributed by atoms with van der Waals surface area (Å²) in [4.78, 5) is 15.3. The van der Waals surface area contributed by atoms with Gasteiger partial charge in [-0.25, -0.2) is 0 Å². The summed E-state index contributed by atoms with van der Waals surface area (Å²) in [5.41, 5.74) is 2.64. The number of ketones is 1. The summed E-state index contributed by atoms with van der Waals surface area (Å²) in [6.07, 6.45) is 6.40. The average Bonchev–Trinajstić information content (AvgIpc) is 3.34. The predicted molar refractivity (Wildman–Crippen MR) is 93.1 cm³/mol. The summed E-state index contributed by atoms with van der Waals surface area (Å²) in [6, 6.07) is 6.49. The largest absolute Gasteiger partial charge is 0.508 e. The summed E-state index contributed by atoms with van der Waals surface area (Å²) in [5.74, 6) is 2.71. The third kappa shape index (κ3) is 2.10. The SMILES string of the molecule is C[C@@H]1CC(=O)C[C@]23CCN(CC4CC4)[C@H](Cc4ccc(O)cc42)[C@H]13. The molecule has 1 aliphatic heterocycles. The standard InChI is InChI=1S/C21H27NO2/c1-13-8-17(24)11-21-6-7-22(12-14-2-3-14)19(20(13)21)9-15-4-5-16(23)10-18(15)21/h4-5,10,13-14,19-20,23H,2-3,6-9,11-12H2,1H3/t13-,19-,20+,21-/m1/s1. The van der Waals surface area contributed by atoms with Crippen LogP contribution in [-0.2, 0) is 16.6 Å². The van der Waals surface area contributed by atoms with E-state index in [1.165, 1.54) is 30.5 Å². The minimum absolute atomic E-state index is 0.0220. The number of hydrogen-bond acceptors (Lipinski definition) is 3. The maximum Gasteiger partial charge on any atom is 0.134 e. The van der Waals surface area contributed by atoms with Gasteiger partial charge in [-0.15, -0.1) is 0 Å². The first-order valence-electron chi connectivity index (χ1n) is 9.65. The van der Waals surface area contributed by atoms with E-state index in [9.17, 15) is 9.90 Å². The summed E-state index contributed by atoms with van der Waals surface area (Å²) < 4.78 is 0. The van der Waals surface area contributed by atoms with Crippen molar-refractivity contribution in [1.29, 1.82) is 0 Å². The lowest BCUT2D eigenvalue weighted by atomic mass is 9.49. The number of aromatic hydroxyl groups is 1. The molecule has 3 nitrogen and oxygen atoms in total. The van der Waals surface area contributed by atoms with E-state index in [1.54, 1.807) is 0 Å². The highest BCUT2D eigenvalue weighted by Crippen LogP contribution is 2.57. The van der Waals surface area contributed by atoms with Crippen molar-refractivity contribution in [2.75, 3.05) is 13.1 Å². The Balaban J connectivity index is 1.63. The van der Waals surface area contributed by atoms with Gasteiger partial charge in [-0.3, -0.25) is 9.69 Å². The van der Waals surface area contributed by atoms with Crippen LogP contribution in [0.1, 0.15) is 50.2 Å². The van der Waals surface area contributed by atoms with Crippen LogP contribution in [0.5, 0.6) is 5.75 Å². The number of hydrogen-bond donors (Lipinski definition) is 1. The number of fused-ring (bicyclic) bond motifs is 1. The van der Waals surface area contributed by atoms with E-state index in [0.717, 1.165) is 31.7 Å². The number of nitrogens with zero attached hydrogens (tertiary/aromatic N) is 1. The van der Waals surface area contributed by atoms with Gasteiger partial charge in [0, 0.05) is 30.8 Å². The van der Waals surface area contributed by atoms with Gasteiger partial charge < -0.3 is 5.11 Å². The third-order valence-electron chi connectivity index (χ3n) is 7.29. The van der Waals surface area contributed by atoms with Gasteiger partial charge >= 0.3 is 0 Å². The Morgan fingerprint density at radius 1 is 1.29 bits per heavy atom. The van der Waals surface area contributed by atoms with E-state index < -0.39 is 0 Å². The Kier molecular flexibility index (Phi) is 3.16. The highest BCUT2D eigenvalue weighted by Gasteiger charge is 2.58. The van der Waals surface area contributed by atoms with Crippen LogP contribution in [0, 0.1) is 17.8 Å². The Morgan fingerprint density at radius 3 is 2.92 bits per heavy atom. The van der Waals surface area contributed by atoms with Crippen LogP contribution in [0.4, 0.5) is 0 Å². The molecule has 3 fully saturated rings. The van der Waals surface area contributed by atoms with E-state index in [4.69, 9.17) is 0 Å². The van der Waals surface area contributed by atoms with E-state index >= 15 is 0 Å². The third-order valence-corrected chi connectivity index (χ3v) is 7.29. The highest BCUT2D eigenvalue weighted by molar-refractivity contribution is 5.82. The van der Waals surface area contributed by atoms with E-state index in [0.29, 0.717) is 35.8 Å². The topological polar surface area (TPSA) is 40.5 Å². The van der Waals surface area contributed by atoms with Gasteiger partial charge in [0.2, 0.25) is 0 Å². The molecular weight excluding hydrogens is 298 g/mol. The molecule has 1 heterocycles. The first kappa shape index (κ1) is 14.9. The number of phenols is 1. The lowest BCUT2D eigenvalue weighted by molar-refractivity contribution is -0.131. The molecule has 0 unspecified atom stereocenters. The molecule has 1 N–H and O–H groups in total. The van der Waals surface area contributed by atoms with Crippen LogP contribution in [0.15, 0.2) is 18.2 Å². The van der Waals surface area contributed by atoms with Crippen LogP contribution in [0.3, 0.4) is 0 Å². The zero-order valence-corrected chi connectivity index (χ0v) is 14.5. The van der Waals surface area contributed by atoms with Crippen molar-refractivity contribution in [2.24, 2.45) is 17.8 Å². The number of Topliss-reactive ketones (excluding diaryl/α,β-unsaturated/α-hetero) is 1. The average molecular weight is 325 g/mol. The molecule has 1 saturated heterocycles. The van der Waals surface area contributed by atoms with Crippen LogP contribution >= 0.6 is 0 Å². The van der Waals surface area contributed by atoms with Crippen molar-refractivity contribution in [3.05, 3.63) is 29.3 Å². The molecule has 4 aliphatic rings. The maximum absolute atomic E-state index is 12.5. The molecule has 4 atom stereocenters. The smallest absolute Gasteiger partial charge is 0.134 e. The van der Waals surface area contributed by atoms with Gasteiger partial charge in [0.05, 0.1) is 0 Å². The van der Waals surface area contributed by atoms with Crippen molar-refractivity contribution in [3.8, 4) is 5.75 Å². The fourth-order valence-corrected chi connectivity index (χ4v) is 6.27. The fourth-order valence-electron chi connectivity index (χ4n) is 6.27. The zero-order chi connectivity index (χ0) is 16.5. The van der Waals surface area contributed by atoms with Gasteiger partial charge in [-0.05, 0) is 73.2 Å². The molecule has 24 heavy (non-hydrogen) atoms. The number of rotatable bonds is 2. The van der Waals surface area contributed by atoms with Gasteiger partial charge in [0.1, 0.15) is 11.5 Å². The molecule has 5 rings (SSSR count). The molecule has 0 spiro atoms. The van der Waals surface area contributed by atoms with Crippen molar-refractivity contribution in [1.82, 2.24) is 4.90 Å². The number of carbonyl (C=O) groups is 1. The minimum Gasteiger partial charge on any atom is -0.508 e. The molecule has 3 heteroatoms. The first-order valence-corrected chi connectivity index (χ1v) is 9.65. The van der Waals surface area contributed by atoms with Crippen molar-refractivity contribution >= 4 is 5.78 Å². The van der Waals surface area contributed by atoms with Crippen LogP contribution in [0.25, 0.3) is 0 Å². The molecule has 2 saturated carbocycles. The Labute approximate surface area is 144 Å². The van der Waals surface area contributed by atoms with Gasteiger partial charge in [0.25, 0.3) is 0 Å². The molecule has 1 aromatic rings. The van der Waals surface area contributed by atoms with Gasteiger partial charge in [-0.1, -0.05) is 13.0 Å². The van der Waals surface area contributed by atoms with Gasteiger partial charge in [-0.2, -0.15) is 0 Å². The molecule has 1 aromatic carbocycles. The normalized spacial score (nSPS) is 38.5. The number of phenolic OH excluding ortho intramolecular Hbond substituents is 1. The second-order valence-electron chi connectivity index (χ2n) is 8.88. The Hall–Kier alpha value is -1.35. The molecule has 128 valence electrons. The lowest BCUT2D eigenvalue weighted by Gasteiger charge is -2.60. The summed E-state index contributed by atoms with van der Waals surface area (Å²) in [7, 11) is 0.